The predicted molar refractivity (Wildman–Crippen MR) is 70.5 cm³/mol. The van der Waals surface area contributed by atoms with Crippen molar-refractivity contribution < 1.29 is 0 Å². The van der Waals surface area contributed by atoms with Gasteiger partial charge in [-0.25, -0.2) is 0 Å². The molecule has 0 spiro atoms. The minimum absolute atomic E-state index is 0.698. The van der Waals surface area contributed by atoms with Crippen LogP contribution in [0.15, 0.2) is 22.7 Å². The third-order valence-electron chi connectivity index (χ3n) is 2.58. The Bertz CT molecular complexity index is 308. The van der Waals surface area contributed by atoms with Crippen molar-refractivity contribution in [3.8, 4) is 0 Å². The average molecular weight is 271 g/mol. The highest BCUT2D eigenvalue weighted by Gasteiger charge is 2.04. The third kappa shape index (κ3) is 3.21. The molecule has 1 aromatic rings. The summed E-state index contributed by atoms with van der Waals surface area (Å²) in [5.74, 6) is 0. The lowest BCUT2D eigenvalue weighted by Crippen LogP contribution is -2.21. The molecule has 15 heavy (non-hydrogen) atoms. The molecule has 1 rings (SSSR count). The van der Waals surface area contributed by atoms with Crippen LogP contribution in [0.5, 0.6) is 0 Å². The van der Waals surface area contributed by atoms with Gasteiger partial charge in [0.1, 0.15) is 0 Å². The van der Waals surface area contributed by atoms with Crippen molar-refractivity contribution in [2.75, 3.05) is 24.5 Å². The van der Waals surface area contributed by atoms with Crippen molar-refractivity contribution >= 4 is 21.6 Å². The fourth-order valence-corrected chi connectivity index (χ4v) is 2.24. The van der Waals surface area contributed by atoms with E-state index in [1.807, 2.05) is 0 Å². The fraction of sp³-hybridized carbons (Fsp3) is 0.500. The van der Waals surface area contributed by atoms with Crippen molar-refractivity contribution in [3.05, 3.63) is 28.2 Å². The van der Waals surface area contributed by atoms with Gasteiger partial charge in [0.05, 0.1) is 0 Å². The summed E-state index contributed by atoms with van der Waals surface area (Å²) in [4.78, 5) is 2.33. The predicted octanol–water partition coefficient (Wildman–Crippen LogP) is 2.80. The third-order valence-corrected chi connectivity index (χ3v) is 3.32. The maximum Gasteiger partial charge on any atom is 0.0377 e. The van der Waals surface area contributed by atoms with Gasteiger partial charge in [-0.2, -0.15) is 0 Å². The van der Waals surface area contributed by atoms with Crippen LogP contribution in [0, 0.1) is 0 Å². The number of hydrogen-bond acceptors (Lipinski definition) is 2. The molecule has 0 aliphatic rings. The highest BCUT2D eigenvalue weighted by atomic mass is 79.9. The van der Waals surface area contributed by atoms with Crippen molar-refractivity contribution in [2.24, 2.45) is 5.73 Å². The maximum absolute atomic E-state index is 5.55. The second-order valence-corrected chi connectivity index (χ2v) is 4.34. The van der Waals surface area contributed by atoms with E-state index in [9.17, 15) is 0 Å². The van der Waals surface area contributed by atoms with Gasteiger partial charge < -0.3 is 10.6 Å². The molecule has 0 atom stereocenters. The molecule has 0 amide bonds. The molecular formula is C12H19BrN2. The Kier molecular flexibility index (Phi) is 5.12. The topological polar surface area (TPSA) is 29.3 Å². The number of nitrogens with zero attached hydrogens (tertiary/aromatic N) is 1. The standard InChI is InChI=1S/C12H19BrN2/c1-3-15(4-2)11-6-5-10(7-8-14)12(13)9-11/h5-6,9H,3-4,7-8,14H2,1-2H3. The number of benzene rings is 1. The Hall–Kier alpha value is -0.540. The van der Waals surface area contributed by atoms with E-state index in [2.05, 4.69) is 52.9 Å². The lowest BCUT2D eigenvalue weighted by molar-refractivity contribution is 0.864. The molecule has 0 aliphatic heterocycles. The van der Waals surface area contributed by atoms with E-state index in [-0.39, 0.29) is 0 Å². The molecule has 0 saturated carbocycles. The molecule has 0 radical (unpaired) electrons. The number of hydrogen-bond donors (Lipinski definition) is 1. The van der Waals surface area contributed by atoms with Gasteiger partial charge in [-0.15, -0.1) is 0 Å². The molecule has 0 aliphatic carbocycles. The molecule has 0 aromatic heterocycles. The lowest BCUT2D eigenvalue weighted by Gasteiger charge is -2.21. The molecule has 0 saturated heterocycles. The quantitative estimate of drug-likeness (QED) is 0.892. The van der Waals surface area contributed by atoms with Crippen LogP contribution in [0.2, 0.25) is 0 Å². The molecule has 0 fully saturated rings. The first-order valence-electron chi connectivity index (χ1n) is 5.46. The van der Waals surface area contributed by atoms with Crippen LogP contribution in [0.4, 0.5) is 5.69 Å². The zero-order valence-electron chi connectivity index (χ0n) is 9.46. The normalized spacial score (nSPS) is 10.4. The van der Waals surface area contributed by atoms with Crippen LogP contribution < -0.4 is 10.6 Å². The van der Waals surface area contributed by atoms with E-state index in [0.29, 0.717) is 6.54 Å². The molecular weight excluding hydrogens is 252 g/mol. The number of rotatable bonds is 5. The molecule has 2 N–H and O–H groups in total. The smallest absolute Gasteiger partial charge is 0.0377 e. The van der Waals surface area contributed by atoms with Crippen LogP contribution >= 0.6 is 15.9 Å². The van der Waals surface area contributed by atoms with E-state index in [1.54, 1.807) is 0 Å². The van der Waals surface area contributed by atoms with Gasteiger partial charge in [-0.05, 0) is 44.5 Å². The number of nitrogens with two attached hydrogens (primary N) is 1. The Morgan fingerprint density at radius 2 is 1.93 bits per heavy atom. The maximum atomic E-state index is 5.55. The summed E-state index contributed by atoms with van der Waals surface area (Å²) in [7, 11) is 0. The van der Waals surface area contributed by atoms with E-state index in [4.69, 9.17) is 5.73 Å². The average Bonchev–Trinajstić information content (AvgIpc) is 2.24. The zero-order chi connectivity index (χ0) is 11.3. The van der Waals surface area contributed by atoms with Gasteiger partial charge in [0.25, 0.3) is 0 Å². The van der Waals surface area contributed by atoms with Gasteiger partial charge in [-0.3, -0.25) is 0 Å². The zero-order valence-corrected chi connectivity index (χ0v) is 11.0. The summed E-state index contributed by atoms with van der Waals surface area (Å²) in [6.07, 6.45) is 0.930. The summed E-state index contributed by atoms with van der Waals surface area (Å²) in [5, 5.41) is 0. The van der Waals surface area contributed by atoms with Crippen LogP contribution in [0.3, 0.4) is 0 Å². The second kappa shape index (κ2) is 6.13. The van der Waals surface area contributed by atoms with Crippen molar-refractivity contribution in [1.82, 2.24) is 0 Å². The van der Waals surface area contributed by atoms with Crippen LogP contribution in [0.1, 0.15) is 19.4 Å². The van der Waals surface area contributed by atoms with Crippen molar-refractivity contribution in [3.63, 3.8) is 0 Å². The summed E-state index contributed by atoms with van der Waals surface area (Å²) >= 11 is 3.59. The highest BCUT2D eigenvalue weighted by molar-refractivity contribution is 9.10. The second-order valence-electron chi connectivity index (χ2n) is 3.49. The molecule has 0 heterocycles. The molecule has 0 bridgehead atoms. The van der Waals surface area contributed by atoms with Gasteiger partial charge in [0.15, 0.2) is 0 Å². The monoisotopic (exact) mass is 270 g/mol. The highest BCUT2D eigenvalue weighted by Crippen LogP contribution is 2.24. The van der Waals surface area contributed by atoms with Crippen LogP contribution in [-0.2, 0) is 6.42 Å². The first kappa shape index (κ1) is 12.5. The summed E-state index contributed by atoms with van der Waals surface area (Å²) in [6, 6.07) is 6.51. The van der Waals surface area contributed by atoms with E-state index in [0.717, 1.165) is 24.0 Å². The van der Waals surface area contributed by atoms with Gasteiger partial charge in [0, 0.05) is 23.2 Å². The first-order chi connectivity index (χ1) is 7.22. The van der Waals surface area contributed by atoms with Gasteiger partial charge >= 0.3 is 0 Å². The van der Waals surface area contributed by atoms with Crippen LogP contribution in [0.25, 0.3) is 0 Å². The number of halogens is 1. The Labute approximate surface area is 101 Å². The van der Waals surface area contributed by atoms with Crippen molar-refractivity contribution in [2.45, 2.75) is 20.3 Å². The Balaban J connectivity index is 2.89. The van der Waals surface area contributed by atoms with E-state index in [1.165, 1.54) is 11.3 Å². The first-order valence-corrected chi connectivity index (χ1v) is 6.25. The van der Waals surface area contributed by atoms with Crippen LogP contribution in [-0.4, -0.2) is 19.6 Å². The minimum atomic E-state index is 0.698. The van der Waals surface area contributed by atoms with Crippen molar-refractivity contribution in [1.29, 1.82) is 0 Å². The van der Waals surface area contributed by atoms with E-state index < -0.39 is 0 Å². The minimum Gasteiger partial charge on any atom is -0.372 e. The lowest BCUT2D eigenvalue weighted by atomic mass is 10.1. The SMILES string of the molecule is CCN(CC)c1ccc(CCN)c(Br)c1. The largest absolute Gasteiger partial charge is 0.372 e. The van der Waals surface area contributed by atoms with Gasteiger partial charge in [-0.1, -0.05) is 22.0 Å². The van der Waals surface area contributed by atoms with E-state index >= 15 is 0 Å². The summed E-state index contributed by atoms with van der Waals surface area (Å²) in [5.41, 5.74) is 8.10. The molecule has 84 valence electrons. The number of anilines is 1. The molecule has 3 heteroatoms. The molecule has 1 aromatic carbocycles. The molecule has 0 unspecified atom stereocenters. The fourth-order valence-electron chi connectivity index (χ4n) is 1.68. The summed E-state index contributed by atoms with van der Waals surface area (Å²) in [6.45, 7) is 7.12. The molecule has 2 nitrogen and oxygen atoms in total. The Morgan fingerprint density at radius 1 is 1.27 bits per heavy atom. The summed E-state index contributed by atoms with van der Waals surface area (Å²) < 4.78 is 1.16. The van der Waals surface area contributed by atoms with Gasteiger partial charge in [0.2, 0.25) is 0 Å². The Morgan fingerprint density at radius 3 is 2.40 bits per heavy atom.